The van der Waals surface area contributed by atoms with Gasteiger partial charge in [-0.2, -0.15) is 8.78 Å². The summed E-state index contributed by atoms with van der Waals surface area (Å²) in [6.45, 7) is 0. The number of benzene rings is 1. The van der Waals surface area contributed by atoms with Crippen LogP contribution in [0.15, 0.2) is 29.2 Å². The Bertz CT molecular complexity index is 467. The lowest BCUT2D eigenvalue weighted by Gasteiger charge is -2.20. The van der Waals surface area contributed by atoms with Crippen molar-refractivity contribution in [2.24, 2.45) is 11.7 Å². The van der Waals surface area contributed by atoms with E-state index in [1.165, 1.54) is 0 Å². The van der Waals surface area contributed by atoms with Gasteiger partial charge in [0.05, 0.1) is 5.92 Å². The lowest BCUT2D eigenvalue weighted by atomic mass is 9.94. The van der Waals surface area contributed by atoms with E-state index in [0.29, 0.717) is 22.3 Å². The van der Waals surface area contributed by atoms with Gasteiger partial charge in [0.1, 0.15) is 0 Å². The fourth-order valence-electron chi connectivity index (χ4n) is 2.62. The minimum Gasteiger partial charge on any atom is -0.327 e. The van der Waals surface area contributed by atoms with Gasteiger partial charge in [0, 0.05) is 16.6 Å². The van der Waals surface area contributed by atoms with Gasteiger partial charge in [-0.3, -0.25) is 4.79 Å². The molecule has 0 radical (unpaired) electrons. The maximum Gasteiger partial charge on any atom is 0.288 e. The molecule has 1 saturated carbocycles. The van der Waals surface area contributed by atoms with Crippen LogP contribution in [0.3, 0.4) is 0 Å². The highest BCUT2D eigenvalue weighted by Gasteiger charge is 2.26. The topological polar surface area (TPSA) is 55.1 Å². The Hall–Kier alpha value is -1.14. The van der Waals surface area contributed by atoms with Crippen molar-refractivity contribution in [1.82, 2.24) is 0 Å². The second-order valence-corrected chi connectivity index (χ2v) is 6.36. The van der Waals surface area contributed by atoms with Crippen molar-refractivity contribution in [2.75, 3.05) is 5.32 Å². The van der Waals surface area contributed by atoms with E-state index >= 15 is 0 Å². The molecule has 2 atom stereocenters. The fraction of sp³-hybridized carbons (Fsp3) is 0.533. The SMILES string of the molecule is NC1CCCCCC1C(=O)Nc1ccc(SC(F)F)cc1. The minimum absolute atomic E-state index is 0.0707. The van der Waals surface area contributed by atoms with Gasteiger partial charge in [-0.25, -0.2) is 0 Å². The lowest BCUT2D eigenvalue weighted by Crippen LogP contribution is -2.37. The molecule has 1 aromatic rings. The first-order chi connectivity index (χ1) is 10.1. The van der Waals surface area contributed by atoms with E-state index in [2.05, 4.69) is 5.32 Å². The molecule has 21 heavy (non-hydrogen) atoms. The molecule has 1 aromatic carbocycles. The zero-order valence-electron chi connectivity index (χ0n) is 11.7. The number of carbonyl (C=O) groups excluding carboxylic acids is 1. The van der Waals surface area contributed by atoms with Crippen molar-refractivity contribution in [2.45, 2.75) is 48.8 Å². The van der Waals surface area contributed by atoms with Gasteiger partial charge in [0.25, 0.3) is 5.76 Å². The van der Waals surface area contributed by atoms with Gasteiger partial charge in [-0.15, -0.1) is 0 Å². The summed E-state index contributed by atoms with van der Waals surface area (Å²) in [4.78, 5) is 12.8. The average Bonchev–Trinajstić information content (AvgIpc) is 2.65. The molecule has 2 rings (SSSR count). The van der Waals surface area contributed by atoms with Gasteiger partial charge in [-0.05, 0) is 37.1 Å². The van der Waals surface area contributed by atoms with Gasteiger partial charge < -0.3 is 11.1 Å². The van der Waals surface area contributed by atoms with Crippen molar-refractivity contribution in [3.8, 4) is 0 Å². The zero-order chi connectivity index (χ0) is 15.2. The first kappa shape index (κ1) is 16.2. The van der Waals surface area contributed by atoms with Crippen LogP contribution in [-0.2, 0) is 4.79 Å². The summed E-state index contributed by atoms with van der Waals surface area (Å²) in [5.41, 5.74) is 6.69. The molecular weight excluding hydrogens is 294 g/mol. The predicted octanol–water partition coefficient (Wildman–Crippen LogP) is 3.85. The van der Waals surface area contributed by atoms with Crippen molar-refractivity contribution >= 4 is 23.4 Å². The summed E-state index contributed by atoms with van der Waals surface area (Å²) in [6, 6.07) is 6.36. The highest BCUT2D eigenvalue weighted by atomic mass is 32.2. The van der Waals surface area contributed by atoms with Crippen LogP contribution in [0.1, 0.15) is 32.1 Å². The summed E-state index contributed by atoms with van der Waals surface area (Å²) in [6.07, 6.45) is 4.91. The molecule has 0 heterocycles. The third-order valence-corrected chi connectivity index (χ3v) is 4.48. The largest absolute Gasteiger partial charge is 0.327 e. The third kappa shape index (κ3) is 4.97. The number of amides is 1. The molecule has 3 N–H and O–H groups in total. The molecule has 1 aliphatic rings. The molecule has 1 amide bonds. The normalized spacial score (nSPS) is 22.9. The monoisotopic (exact) mass is 314 g/mol. The number of halogens is 2. The Morgan fingerprint density at radius 2 is 1.86 bits per heavy atom. The number of nitrogens with one attached hydrogen (secondary N) is 1. The highest BCUT2D eigenvalue weighted by molar-refractivity contribution is 7.99. The maximum atomic E-state index is 12.3. The van der Waals surface area contributed by atoms with Crippen molar-refractivity contribution in [3.05, 3.63) is 24.3 Å². The molecule has 0 aromatic heterocycles. The van der Waals surface area contributed by atoms with Crippen LogP contribution in [0.4, 0.5) is 14.5 Å². The molecule has 3 nitrogen and oxygen atoms in total. The van der Waals surface area contributed by atoms with Crippen molar-refractivity contribution in [1.29, 1.82) is 0 Å². The second-order valence-electron chi connectivity index (χ2n) is 5.30. The number of alkyl halides is 2. The molecule has 1 aliphatic carbocycles. The van der Waals surface area contributed by atoms with E-state index in [4.69, 9.17) is 5.73 Å². The molecule has 0 spiro atoms. The Morgan fingerprint density at radius 1 is 1.19 bits per heavy atom. The highest BCUT2D eigenvalue weighted by Crippen LogP contribution is 2.27. The molecule has 6 heteroatoms. The van der Waals surface area contributed by atoms with Gasteiger partial charge in [0.2, 0.25) is 5.91 Å². The summed E-state index contributed by atoms with van der Waals surface area (Å²) in [7, 11) is 0. The number of thioether (sulfide) groups is 1. The van der Waals surface area contributed by atoms with Gasteiger partial charge in [-0.1, -0.05) is 31.0 Å². The fourth-order valence-corrected chi connectivity index (χ4v) is 3.12. The van der Waals surface area contributed by atoms with E-state index in [0.717, 1.165) is 32.1 Å². The molecular formula is C15H20F2N2OS. The minimum atomic E-state index is -2.44. The predicted molar refractivity (Wildman–Crippen MR) is 81.5 cm³/mol. The number of hydrogen-bond donors (Lipinski definition) is 2. The summed E-state index contributed by atoms with van der Waals surface area (Å²) >= 11 is 0.491. The van der Waals surface area contributed by atoms with Crippen LogP contribution in [0.2, 0.25) is 0 Å². The molecule has 2 unspecified atom stereocenters. The van der Waals surface area contributed by atoms with Crippen molar-refractivity contribution < 1.29 is 13.6 Å². The third-order valence-electron chi connectivity index (χ3n) is 3.75. The smallest absolute Gasteiger partial charge is 0.288 e. The number of nitrogens with two attached hydrogens (primary N) is 1. The van der Waals surface area contributed by atoms with Crippen LogP contribution in [-0.4, -0.2) is 17.7 Å². The Morgan fingerprint density at radius 3 is 2.52 bits per heavy atom. The average molecular weight is 314 g/mol. The second kappa shape index (κ2) is 7.75. The number of carbonyl (C=O) groups is 1. The van der Waals surface area contributed by atoms with Crippen LogP contribution < -0.4 is 11.1 Å². The van der Waals surface area contributed by atoms with Gasteiger partial charge in [0.15, 0.2) is 0 Å². The van der Waals surface area contributed by atoms with Gasteiger partial charge >= 0.3 is 0 Å². The van der Waals surface area contributed by atoms with E-state index in [-0.39, 0.29) is 17.9 Å². The van der Waals surface area contributed by atoms with E-state index < -0.39 is 5.76 Å². The number of anilines is 1. The van der Waals surface area contributed by atoms with Crippen LogP contribution in [0, 0.1) is 5.92 Å². The van der Waals surface area contributed by atoms with Crippen LogP contribution in [0.25, 0.3) is 0 Å². The maximum absolute atomic E-state index is 12.3. The Balaban J connectivity index is 1.95. The van der Waals surface area contributed by atoms with Crippen LogP contribution in [0.5, 0.6) is 0 Å². The summed E-state index contributed by atoms with van der Waals surface area (Å²) in [5.74, 6) is -2.67. The number of hydrogen-bond acceptors (Lipinski definition) is 3. The van der Waals surface area contributed by atoms with E-state index in [9.17, 15) is 13.6 Å². The quantitative estimate of drug-likeness (QED) is 0.655. The molecule has 0 bridgehead atoms. The molecule has 0 aliphatic heterocycles. The van der Waals surface area contributed by atoms with Crippen LogP contribution >= 0.6 is 11.8 Å². The standard InChI is InChI=1S/C15H20F2N2OS/c16-15(17)21-11-8-6-10(7-9-11)19-14(20)12-4-2-1-3-5-13(12)18/h6-9,12-13,15H,1-5,18H2,(H,19,20). The first-order valence-corrected chi connectivity index (χ1v) is 8.05. The molecule has 1 fully saturated rings. The summed E-state index contributed by atoms with van der Waals surface area (Å²) < 4.78 is 24.5. The van der Waals surface area contributed by atoms with E-state index in [1.54, 1.807) is 24.3 Å². The molecule has 0 saturated heterocycles. The first-order valence-electron chi connectivity index (χ1n) is 7.17. The van der Waals surface area contributed by atoms with Crippen molar-refractivity contribution in [3.63, 3.8) is 0 Å². The Labute approximate surface area is 127 Å². The number of rotatable bonds is 4. The zero-order valence-corrected chi connectivity index (χ0v) is 12.5. The lowest BCUT2D eigenvalue weighted by molar-refractivity contribution is -0.120. The Kier molecular flexibility index (Phi) is 5.99. The molecule has 116 valence electrons. The van der Waals surface area contributed by atoms with E-state index in [1.807, 2.05) is 0 Å². The summed E-state index contributed by atoms with van der Waals surface area (Å²) in [5, 5.41) is 2.83.